The van der Waals surface area contributed by atoms with E-state index in [2.05, 4.69) is 30.7 Å². The van der Waals surface area contributed by atoms with E-state index in [1.807, 2.05) is 30.3 Å². The molecule has 0 unspecified atom stereocenters. The molecule has 21 heavy (non-hydrogen) atoms. The van der Waals surface area contributed by atoms with Crippen LogP contribution in [0.15, 0.2) is 24.7 Å². The van der Waals surface area contributed by atoms with E-state index >= 15 is 0 Å². The van der Waals surface area contributed by atoms with Gasteiger partial charge in [-0.05, 0) is 12.5 Å². The van der Waals surface area contributed by atoms with E-state index in [0.29, 0.717) is 0 Å². The van der Waals surface area contributed by atoms with Gasteiger partial charge >= 0.3 is 0 Å². The quantitative estimate of drug-likeness (QED) is 0.581. The van der Waals surface area contributed by atoms with Gasteiger partial charge in [0.1, 0.15) is 11.5 Å². The summed E-state index contributed by atoms with van der Waals surface area (Å²) >= 11 is 0. The number of aryl methyl sites for hydroxylation is 2. The highest BCUT2D eigenvalue weighted by molar-refractivity contribution is 6.03. The van der Waals surface area contributed by atoms with E-state index in [1.165, 1.54) is 12.2 Å². The van der Waals surface area contributed by atoms with Crippen molar-refractivity contribution in [3.8, 4) is 11.4 Å². The van der Waals surface area contributed by atoms with Crippen LogP contribution in [0.4, 0.5) is 0 Å². The van der Waals surface area contributed by atoms with Crippen LogP contribution in [0.2, 0.25) is 0 Å². The van der Waals surface area contributed by atoms with Gasteiger partial charge in [-0.15, -0.1) is 0 Å². The van der Waals surface area contributed by atoms with E-state index in [4.69, 9.17) is 0 Å². The maximum Gasteiger partial charge on any atom is 0.139 e. The van der Waals surface area contributed by atoms with Gasteiger partial charge < -0.3 is 9.55 Å². The normalized spacial score (nSPS) is 14.3. The summed E-state index contributed by atoms with van der Waals surface area (Å²) in [6.45, 7) is 1.05. The molecule has 1 aliphatic heterocycles. The topological polar surface area (TPSA) is 64.3 Å². The van der Waals surface area contributed by atoms with Gasteiger partial charge in [-0.25, -0.2) is 9.97 Å². The minimum atomic E-state index is 0.898. The minimum Gasteiger partial charge on any atom is -0.338 e. The van der Waals surface area contributed by atoms with Crippen LogP contribution in [0.1, 0.15) is 12.2 Å². The van der Waals surface area contributed by atoms with E-state index in [1.54, 1.807) is 0 Å². The van der Waals surface area contributed by atoms with Gasteiger partial charge in [0.25, 0.3) is 0 Å². The van der Waals surface area contributed by atoms with Crippen molar-refractivity contribution >= 4 is 21.9 Å². The molecule has 0 spiro atoms. The molecule has 0 saturated carbocycles. The van der Waals surface area contributed by atoms with Gasteiger partial charge in [-0.3, -0.25) is 4.68 Å². The molecule has 0 aromatic carbocycles. The number of aromatic nitrogens is 6. The number of hydrogen-bond acceptors (Lipinski definition) is 3. The van der Waals surface area contributed by atoms with Crippen LogP contribution in [-0.2, 0) is 20.0 Å². The molecule has 0 fully saturated rings. The van der Waals surface area contributed by atoms with Gasteiger partial charge in [0.2, 0.25) is 0 Å². The number of nitrogens with one attached hydrogen (secondary N) is 1. The first kappa shape index (κ1) is 11.1. The molecule has 5 rings (SSSR count). The molecule has 4 aromatic rings. The third kappa shape index (κ3) is 1.39. The van der Waals surface area contributed by atoms with Crippen LogP contribution in [0.25, 0.3) is 33.3 Å². The first-order chi connectivity index (χ1) is 10.3. The highest BCUT2D eigenvalue weighted by atomic mass is 15.3. The molecule has 0 radical (unpaired) electrons. The zero-order chi connectivity index (χ0) is 14.0. The molecule has 0 amide bonds. The molecule has 6 heteroatoms. The van der Waals surface area contributed by atoms with Crippen molar-refractivity contribution in [2.45, 2.75) is 19.4 Å². The number of imidazole rings is 1. The number of nitrogens with zero attached hydrogens (tertiary/aromatic N) is 5. The number of fused-ring (bicyclic) bond motifs is 4. The number of rotatable bonds is 1. The fourth-order valence-corrected chi connectivity index (χ4v) is 3.35. The molecule has 1 N–H and O–H groups in total. The number of aromatic amines is 1. The fraction of sp³-hybridized carbons (Fsp3) is 0.267. The van der Waals surface area contributed by atoms with Crippen LogP contribution < -0.4 is 0 Å². The van der Waals surface area contributed by atoms with Crippen LogP contribution in [0.5, 0.6) is 0 Å². The van der Waals surface area contributed by atoms with E-state index in [0.717, 1.165) is 46.3 Å². The summed E-state index contributed by atoms with van der Waals surface area (Å²) in [7, 11) is 1.96. The molecular formula is C15H14N6. The largest absolute Gasteiger partial charge is 0.338 e. The minimum absolute atomic E-state index is 0.898. The van der Waals surface area contributed by atoms with Gasteiger partial charge in [0.05, 0.1) is 29.3 Å². The summed E-state index contributed by atoms with van der Waals surface area (Å²) in [6, 6.07) is 2.16. The summed E-state index contributed by atoms with van der Waals surface area (Å²) in [5, 5.41) is 6.49. The first-order valence-electron chi connectivity index (χ1n) is 7.15. The van der Waals surface area contributed by atoms with Crippen molar-refractivity contribution < 1.29 is 0 Å². The number of H-pyrrole nitrogens is 1. The Balaban J connectivity index is 1.81. The molecule has 4 aromatic heterocycles. The van der Waals surface area contributed by atoms with Gasteiger partial charge in [-0.1, -0.05) is 0 Å². The highest BCUT2D eigenvalue weighted by Gasteiger charge is 2.18. The Morgan fingerprint density at radius 2 is 2.14 bits per heavy atom. The van der Waals surface area contributed by atoms with Crippen molar-refractivity contribution in [2.24, 2.45) is 7.05 Å². The first-order valence-corrected chi connectivity index (χ1v) is 7.15. The molecule has 0 aliphatic carbocycles. The summed E-state index contributed by atoms with van der Waals surface area (Å²) < 4.78 is 4.20. The van der Waals surface area contributed by atoms with Gasteiger partial charge in [0.15, 0.2) is 0 Å². The Morgan fingerprint density at radius 3 is 3.10 bits per heavy atom. The Morgan fingerprint density at radius 1 is 1.19 bits per heavy atom. The van der Waals surface area contributed by atoms with E-state index < -0.39 is 0 Å². The number of pyridine rings is 1. The molecule has 6 nitrogen and oxygen atoms in total. The van der Waals surface area contributed by atoms with Crippen molar-refractivity contribution in [1.29, 1.82) is 0 Å². The van der Waals surface area contributed by atoms with Crippen molar-refractivity contribution in [1.82, 2.24) is 29.3 Å². The maximum atomic E-state index is 4.52. The Hall–Kier alpha value is -2.63. The molecule has 0 atom stereocenters. The predicted octanol–water partition coefficient (Wildman–Crippen LogP) is 2.26. The standard InChI is InChI=1S/C15H14N6/c1-20-14-9(7-18-20)6-17-15-10(14)5-11(19-15)12-8-16-13-3-2-4-21(12)13/h5-8H,2-4H2,1H3,(H,17,19). The van der Waals surface area contributed by atoms with Crippen molar-refractivity contribution in [2.75, 3.05) is 0 Å². The van der Waals surface area contributed by atoms with Crippen LogP contribution in [0, 0.1) is 0 Å². The van der Waals surface area contributed by atoms with Crippen molar-refractivity contribution in [3.05, 3.63) is 30.5 Å². The zero-order valence-corrected chi connectivity index (χ0v) is 11.7. The molecule has 0 bridgehead atoms. The maximum absolute atomic E-state index is 4.52. The van der Waals surface area contributed by atoms with Crippen molar-refractivity contribution in [3.63, 3.8) is 0 Å². The second-order valence-corrected chi connectivity index (χ2v) is 5.59. The predicted molar refractivity (Wildman–Crippen MR) is 79.9 cm³/mol. The molecule has 104 valence electrons. The monoisotopic (exact) mass is 278 g/mol. The van der Waals surface area contributed by atoms with Crippen LogP contribution in [0.3, 0.4) is 0 Å². The average molecular weight is 278 g/mol. The van der Waals surface area contributed by atoms with Gasteiger partial charge in [0, 0.05) is 37.0 Å². The third-order valence-corrected chi connectivity index (χ3v) is 4.35. The Kier molecular flexibility index (Phi) is 1.96. The molecule has 1 aliphatic rings. The lowest BCUT2D eigenvalue weighted by molar-refractivity contribution is 0.754. The van der Waals surface area contributed by atoms with E-state index in [-0.39, 0.29) is 0 Å². The number of hydrogen-bond donors (Lipinski definition) is 1. The third-order valence-electron chi connectivity index (χ3n) is 4.35. The smallest absolute Gasteiger partial charge is 0.139 e. The van der Waals surface area contributed by atoms with Gasteiger partial charge in [-0.2, -0.15) is 5.10 Å². The lowest BCUT2D eigenvalue weighted by Gasteiger charge is -2.01. The van der Waals surface area contributed by atoms with Crippen LogP contribution in [-0.4, -0.2) is 29.3 Å². The lowest BCUT2D eigenvalue weighted by Crippen LogP contribution is -1.95. The highest BCUT2D eigenvalue weighted by Crippen LogP contribution is 2.30. The zero-order valence-electron chi connectivity index (χ0n) is 11.7. The average Bonchev–Trinajstić information content (AvgIpc) is 3.18. The molecular weight excluding hydrogens is 264 g/mol. The second kappa shape index (κ2) is 3.72. The summed E-state index contributed by atoms with van der Waals surface area (Å²) in [6.07, 6.45) is 7.93. The molecule has 0 saturated heterocycles. The van der Waals surface area contributed by atoms with Crippen LogP contribution >= 0.6 is 0 Å². The summed E-state index contributed by atoms with van der Waals surface area (Å²) in [5.41, 5.74) is 4.24. The Labute approximate surface area is 120 Å². The molecule has 5 heterocycles. The lowest BCUT2D eigenvalue weighted by atomic mass is 10.2. The van der Waals surface area contributed by atoms with E-state index in [9.17, 15) is 0 Å². The fourth-order valence-electron chi connectivity index (χ4n) is 3.35. The summed E-state index contributed by atoms with van der Waals surface area (Å²) in [5.74, 6) is 1.18. The second-order valence-electron chi connectivity index (χ2n) is 5.59. The summed E-state index contributed by atoms with van der Waals surface area (Å²) in [4.78, 5) is 12.5. The SMILES string of the molecule is Cn1ncc2cnc3[nH]c(-c4cnc5n4CCC5)cc3c21. The Bertz CT molecular complexity index is 987.